The Labute approximate surface area is 147 Å². The van der Waals surface area contributed by atoms with Gasteiger partial charge in [-0.3, -0.25) is 9.48 Å². The number of aromatic nitrogens is 2. The Morgan fingerprint density at radius 3 is 2.88 bits per heavy atom. The highest BCUT2D eigenvalue weighted by atomic mass is 19.1. The number of hydrogen-bond donors (Lipinski definition) is 0. The zero-order chi connectivity index (χ0) is 17.4. The van der Waals surface area contributed by atoms with Crippen LogP contribution < -0.4 is 0 Å². The Balaban J connectivity index is 1.54. The number of amides is 1. The van der Waals surface area contributed by atoms with E-state index in [0.29, 0.717) is 39.1 Å². The summed E-state index contributed by atoms with van der Waals surface area (Å²) in [5.74, 6) is 0.395. The normalized spacial score (nSPS) is 21.6. The largest absolute Gasteiger partial charge is 0.371 e. The van der Waals surface area contributed by atoms with Crippen LogP contribution in [-0.2, 0) is 35.6 Å². The van der Waals surface area contributed by atoms with Crippen LogP contribution in [0.3, 0.4) is 0 Å². The Hall–Kier alpha value is -1.69. The number of hydrogen-bond acceptors (Lipinski definition) is 3. The third kappa shape index (κ3) is 3.24. The summed E-state index contributed by atoms with van der Waals surface area (Å²) in [6.45, 7) is 6.54. The second kappa shape index (κ2) is 6.56. The van der Waals surface area contributed by atoms with E-state index in [-0.39, 0.29) is 5.91 Å². The molecule has 0 bridgehead atoms. The molecule has 1 amide bonds. The van der Waals surface area contributed by atoms with E-state index >= 15 is 0 Å². The lowest BCUT2D eigenvalue weighted by atomic mass is 9.80. The molecule has 2 fully saturated rings. The molecule has 0 spiro atoms. The lowest BCUT2D eigenvalue weighted by molar-refractivity contribution is -0.151. The van der Waals surface area contributed by atoms with Crippen LogP contribution in [0.5, 0.6) is 0 Å². The van der Waals surface area contributed by atoms with Crippen LogP contribution in [0, 0.1) is 5.92 Å². The summed E-state index contributed by atoms with van der Waals surface area (Å²) in [6.07, 6.45) is 6.54. The molecule has 0 atom stereocenters. The van der Waals surface area contributed by atoms with Crippen LogP contribution in [0.25, 0.3) is 0 Å². The molecule has 25 heavy (non-hydrogen) atoms. The lowest BCUT2D eigenvalue weighted by Gasteiger charge is -2.38. The fraction of sp³-hybridized carbons (Fsp3) is 0.684. The summed E-state index contributed by atoms with van der Waals surface area (Å²) < 4.78 is 22.2. The van der Waals surface area contributed by atoms with Crippen molar-refractivity contribution in [3.05, 3.63) is 29.6 Å². The zero-order valence-corrected chi connectivity index (χ0v) is 14.7. The Morgan fingerprint density at radius 1 is 1.44 bits per heavy atom. The van der Waals surface area contributed by atoms with Gasteiger partial charge in [0.05, 0.1) is 18.9 Å². The van der Waals surface area contributed by atoms with Crippen molar-refractivity contribution >= 4 is 5.91 Å². The first-order chi connectivity index (χ1) is 12.1. The van der Waals surface area contributed by atoms with E-state index in [1.165, 1.54) is 18.5 Å². The van der Waals surface area contributed by atoms with E-state index in [1.54, 1.807) is 11.0 Å². The fourth-order valence-electron chi connectivity index (χ4n) is 3.77. The highest BCUT2D eigenvalue weighted by molar-refractivity contribution is 5.86. The summed E-state index contributed by atoms with van der Waals surface area (Å²) in [7, 11) is 0. The van der Waals surface area contributed by atoms with Crippen molar-refractivity contribution in [2.45, 2.75) is 63.9 Å². The molecule has 0 N–H and O–H groups in total. The first-order valence-electron chi connectivity index (χ1n) is 9.35. The minimum atomic E-state index is -1.62. The third-order valence-corrected chi connectivity index (χ3v) is 5.64. The van der Waals surface area contributed by atoms with Crippen molar-refractivity contribution in [3.63, 3.8) is 0 Å². The quantitative estimate of drug-likeness (QED) is 0.563. The maximum Gasteiger partial charge on any atom is 0.260 e. The van der Waals surface area contributed by atoms with Crippen molar-refractivity contribution in [2.75, 3.05) is 13.2 Å². The summed E-state index contributed by atoms with van der Waals surface area (Å²) in [5.41, 5.74) is 1.53. The molecular formula is C19H26FN3O2. The lowest BCUT2D eigenvalue weighted by Crippen LogP contribution is -2.51. The Bertz CT molecular complexity index is 676. The van der Waals surface area contributed by atoms with Gasteiger partial charge in [-0.25, -0.2) is 4.39 Å². The molecule has 136 valence electrons. The first-order valence-corrected chi connectivity index (χ1v) is 9.35. The molecule has 0 saturated heterocycles. The smallest absolute Gasteiger partial charge is 0.260 e. The number of halogens is 1. The predicted octanol–water partition coefficient (Wildman–Crippen LogP) is 2.77. The average Bonchev–Trinajstić information content (AvgIpc) is 3.34. The molecule has 1 aliphatic heterocycles. The van der Waals surface area contributed by atoms with E-state index in [4.69, 9.17) is 9.84 Å². The van der Waals surface area contributed by atoms with Crippen LogP contribution in [0.1, 0.15) is 49.1 Å². The fourth-order valence-corrected chi connectivity index (χ4v) is 3.77. The minimum Gasteiger partial charge on any atom is -0.371 e. The van der Waals surface area contributed by atoms with Gasteiger partial charge in [-0.1, -0.05) is 6.08 Å². The summed E-state index contributed by atoms with van der Waals surface area (Å²) in [6, 6.07) is 0. The zero-order valence-electron chi connectivity index (χ0n) is 14.7. The molecule has 0 unspecified atom stereocenters. The monoisotopic (exact) mass is 347 g/mol. The maximum atomic E-state index is 14.5. The SMILES string of the molecule is C=CCOCc1nn(CC2CC2)c2c1CN(C(=O)C1(F)CCC1)CC2. The molecular weight excluding hydrogens is 321 g/mol. The second-order valence-corrected chi connectivity index (χ2v) is 7.60. The van der Waals surface area contributed by atoms with Crippen molar-refractivity contribution in [1.29, 1.82) is 0 Å². The molecule has 2 heterocycles. The second-order valence-electron chi connectivity index (χ2n) is 7.60. The van der Waals surface area contributed by atoms with Crippen LogP contribution in [0.2, 0.25) is 0 Å². The number of ether oxygens (including phenoxy) is 1. The highest BCUT2D eigenvalue weighted by Gasteiger charge is 2.47. The predicted molar refractivity (Wildman–Crippen MR) is 91.6 cm³/mol. The third-order valence-electron chi connectivity index (χ3n) is 5.64. The van der Waals surface area contributed by atoms with Gasteiger partial charge in [0.15, 0.2) is 5.67 Å². The van der Waals surface area contributed by atoms with E-state index in [9.17, 15) is 9.18 Å². The minimum absolute atomic E-state index is 0.336. The van der Waals surface area contributed by atoms with Crippen LogP contribution >= 0.6 is 0 Å². The van der Waals surface area contributed by atoms with Crippen LogP contribution in [-0.4, -0.2) is 39.4 Å². The molecule has 1 aromatic rings. The number of carbonyl (C=O) groups excluding carboxylic acids is 1. The number of rotatable bonds is 7. The van der Waals surface area contributed by atoms with Crippen molar-refractivity contribution < 1.29 is 13.9 Å². The summed E-state index contributed by atoms with van der Waals surface area (Å²) >= 11 is 0. The molecule has 2 aliphatic carbocycles. The molecule has 4 rings (SSSR count). The highest BCUT2D eigenvalue weighted by Crippen LogP contribution is 2.39. The molecule has 3 aliphatic rings. The Morgan fingerprint density at radius 2 is 2.24 bits per heavy atom. The molecule has 0 radical (unpaired) electrons. The molecule has 2 saturated carbocycles. The number of alkyl halides is 1. The van der Waals surface area contributed by atoms with Gasteiger partial charge in [0.25, 0.3) is 5.91 Å². The molecule has 1 aromatic heterocycles. The topological polar surface area (TPSA) is 47.4 Å². The van der Waals surface area contributed by atoms with Crippen molar-refractivity contribution in [1.82, 2.24) is 14.7 Å². The van der Waals surface area contributed by atoms with Crippen LogP contribution in [0.15, 0.2) is 12.7 Å². The number of nitrogens with zero attached hydrogens (tertiary/aromatic N) is 3. The van der Waals surface area contributed by atoms with E-state index in [0.717, 1.165) is 36.6 Å². The average molecular weight is 347 g/mol. The van der Waals surface area contributed by atoms with Gasteiger partial charge in [0.1, 0.15) is 0 Å². The maximum absolute atomic E-state index is 14.5. The molecule has 0 aromatic carbocycles. The van der Waals surface area contributed by atoms with Crippen molar-refractivity contribution in [2.24, 2.45) is 5.92 Å². The summed E-state index contributed by atoms with van der Waals surface area (Å²) in [4.78, 5) is 14.2. The Kier molecular flexibility index (Phi) is 4.40. The van der Waals surface area contributed by atoms with Gasteiger partial charge in [0, 0.05) is 37.3 Å². The van der Waals surface area contributed by atoms with Gasteiger partial charge in [-0.05, 0) is 38.0 Å². The van der Waals surface area contributed by atoms with E-state index in [2.05, 4.69) is 11.3 Å². The first kappa shape index (κ1) is 16.8. The molecule has 5 nitrogen and oxygen atoms in total. The number of carbonyl (C=O) groups is 1. The standard InChI is InChI=1S/C19H26FN3O2/c1-2-10-25-13-16-15-12-22(18(24)19(20)7-3-8-19)9-6-17(15)23(21-16)11-14-4-5-14/h2,14H,1,3-13H2. The summed E-state index contributed by atoms with van der Waals surface area (Å²) in [5, 5.41) is 4.76. The van der Waals surface area contributed by atoms with Gasteiger partial charge in [0.2, 0.25) is 0 Å². The van der Waals surface area contributed by atoms with Crippen molar-refractivity contribution in [3.8, 4) is 0 Å². The van der Waals surface area contributed by atoms with Gasteiger partial charge < -0.3 is 9.64 Å². The number of fused-ring (bicyclic) bond motifs is 1. The van der Waals surface area contributed by atoms with Gasteiger partial charge in [-0.15, -0.1) is 6.58 Å². The molecule has 6 heteroatoms. The van der Waals surface area contributed by atoms with Crippen LogP contribution in [0.4, 0.5) is 4.39 Å². The van der Waals surface area contributed by atoms with Gasteiger partial charge in [-0.2, -0.15) is 5.10 Å². The van der Waals surface area contributed by atoms with E-state index in [1.807, 2.05) is 0 Å². The van der Waals surface area contributed by atoms with Gasteiger partial charge >= 0.3 is 0 Å². The van der Waals surface area contributed by atoms with E-state index < -0.39 is 5.67 Å².